The van der Waals surface area contributed by atoms with E-state index >= 15 is 0 Å². The van der Waals surface area contributed by atoms with Crippen LogP contribution in [0.1, 0.15) is 24.2 Å². The molecule has 22 heavy (non-hydrogen) atoms. The second-order valence-corrected chi connectivity index (χ2v) is 6.86. The van der Waals surface area contributed by atoms with Gasteiger partial charge in [0, 0.05) is 18.9 Å². The molecule has 2 heterocycles. The quantitative estimate of drug-likeness (QED) is 0.629. The summed E-state index contributed by atoms with van der Waals surface area (Å²) in [5.74, 6) is -0.0208. The molecule has 0 saturated carbocycles. The van der Waals surface area contributed by atoms with Crippen LogP contribution >= 0.6 is 24.0 Å². The first-order valence-corrected chi connectivity index (χ1v) is 8.24. The number of aromatic nitrogens is 1. The van der Waals surface area contributed by atoms with Gasteiger partial charge in [0.05, 0.1) is 10.9 Å². The summed E-state index contributed by atoms with van der Waals surface area (Å²) < 4.78 is 2.59. The Kier molecular flexibility index (Phi) is 4.18. The standard InChI is InChI=1S/C17H16N2OS2/c1-12(13-7-4-3-5-8-13)19-16(20)15(22-17(19)21)11-14-9-6-10-18(14)2/h3-12H,1-2H3. The van der Waals surface area contributed by atoms with Crippen LogP contribution in [-0.2, 0) is 11.8 Å². The Balaban J connectivity index is 1.89. The maximum atomic E-state index is 12.7. The molecule has 0 aliphatic carbocycles. The molecule has 1 amide bonds. The third-order valence-electron chi connectivity index (χ3n) is 3.76. The zero-order valence-corrected chi connectivity index (χ0v) is 14.0. The van der Waals surface area contributed by atoms with Crippen molar-refractivity contribution >= 4 is 40.3 Å². The molecule has 112 valence electrons. The normalized spacial score (nSPS) is 18.3. The lowest BCUT2D eigenvalue weighted by Crippen LogP contribution is -2.30. The summed E-state index contributed by atoms with van der Waals surface area (Å²) in [6.45, 7) is 2.01. The third-order valence-corrected chi connectivity index (χ3v) is 5.09. The lowest BCUT2D eigenvalue weighted by Gasteiger charge is -2.23. The summed E-state index contributed by atoms with van der Waals surface area (Å²) in [7, 11) is 1.96. The topological polar surface area (TPSA) is 25.2 Å². The summed E-state index contributed by atoms with van der Waals surface area (Å²) in [6.07, 6.45) is 3.86. The Bertz CT molecular complexity index is 749. The van der Waals surface area contributed by atoms with Crippen LogP contribution in [0.5, 0.6) is 0 Å². The van der Waals surface area contributed by atoms with Crippen LogP contribution in [0.15, 0.2) is 53.6 Å². The van der Waals surface area contributed by atoms with Gasteiger partial charge >= 0.3 is 0 Å². The molecular weight excluding hydrogens is 312 g/mol. The van der Waals surface area contributed by atoms with Crippen molar-refractivity contribution in [3.8, 4) is 0 Å². The predicted molar refractivity (Wildman–Crippen MR) is 95.3 cm³/mol. The van der Waals surface area contributed by atoms with Crippen LogP contribution in [0.4, 0.5) is 0 Å². The van der Waals surface area contributed by atoms with Gasteiger partial charge in [-0.05, 0) is 30.7 Å². The smallest absolute Gasteiger partial charge is 0.266 e. The van der Waals surface area contributed by atoms with Crippen LogP contribution in [0, 0.1) is 0 Å². The molecule has 1 aromatic carbocycles. The van der Waals surface area contributed by atoms with Crippen molar-refractivity contribution in [2.75, 3.05) is 0 Å². The average Bonchev–Trinajstić information content (AvgIpc) is 3.04. The van der Waals surface area contributed by atoms with E-state index in [4.69, 9.17) is 12.2 Å². The number of aryl methyl sites for hydroxylation is 1. The van der Waals surface area contributed by atoms with Crippen LogP contribution in [-0.4, -0.2) is 19.7 Å². The van der Waals surface area contributed by atoms with Crippen molar-refractivity contribution in [1.29, 1.82) is 0 Å². The number of hydrogen-bond donors (Lipinski definition) is 0. The van der Waals surface area contributed by atoms with Gasteiger partial charge in [0.1, 0.15) is 4.32 Å². The molecule has 1 fully saturated rings. The van der Waals surface area contributed by atoms with E-state index in [1.807, 2.05) is 73.3 Å². The highest BCUT2D eigenvalue weighted by Gasteiger charge is 2.35. The van der Waals surface area contributed by atoms with E-state index in [-0.39, 0.29) is 11.9 Å². The van der Waals surface area contributed by atoms with Crippen molar-refractivity contribution in [1.82, 2.24) is 9.47 Å². The second kappa shape index (κ2) is 6.10. The Hall–Kier alpha value is -1.85. The molecule has 0 spiro atoms. The monoisotopic (exact) mass is 328 g/mol. The van der Waals surface area contributed by atoms with E-state index in [2.05, 4.69) is 0 Å². The molecule has 1 atom stereocenters. The number of hydrogen-bond acceptors (Lipinski definition) is 3. The van der Waals surface area contributed by atoms with Crippen molar-refractivity contribution in [3.63, 3.8) is 0 Å². The summed E-state index contributed by atoms with van der Waals surface area (Å²) in [6, 6.07) is 13.8. The van der Waals surface area contributed by atoms with Crippen molar-refractivity contribution in [2.45, 2.75) is 13.0 Å². The van der Waals surface area contributed by atoms with Crippen LogP contribution in [0.25, 0.3) is 6.08 Å². The number of nitrogens with zero attached hydrogens (tertiary/aromatic N) is 2. The highest BCUT2D eigenvalue weighted by atomic mass is 32.2. The van der Waals surface area contributed by atoms with Gasteiger partial charge in [0.25, 0.3) is 5.91 Å². The molecular formula is C17H16N2OS2. The Morgan fingerprint density at radius 1 is 1.18 bits per heavy atom. The zero-order chi connectivity index (χ0) is 15.7. The zero-order valence-electron chi connectivity index (χ0n) is 12.4. The van der Waals surface area contributed by atoms with E-state index in [0.29, 0.717) is 9.23 Å². The fourth-order valence-corrected chi connectivity index (χ4v) is 3.86. The van der Waals surface area contributed by atoms with Crippen LogP contribution in [0.2, 0.25) is 0 Å². The van der Waals surface area contributed by atoms with Gasteiger partial charge in [-0.2, -0.15) is 0 Å². The van der Waals surface area contributed by atoms with Gasteiger partial charge in [-0.25, -0.2) is 0 Å². The number of amides is 1. The molecule has 0 radical (unpaired) electrons. The summed E-state index contributed by atoms with van der Waals surface area (Å²) >= 11 is 6.79. The minimum absolute atomic E-state index is 0.0208. The van der Waals surface area contributed by atoms with Gasteiger partial charge in [-0.3, -0.25) is 9.69 Å². The first-order chi connectivity index (χ1) is 10.6. The van der Waals surface area contributed by atoms with Crippen LogP contribution < -0.4 is 0 Å². The molecule has 0 bridgehead atoms. The molecule has 1 aliphatic rings. The van der Waals surface area contributed by atoms with E-state index < -0.39 is 0 Å². The van der Waals surface area contributed by atoms with Gasteiger partial charge in [0.15, 0.2) is 0 Å². The van der Waals surface area contributed by atoms with Crippen LogP contribution in [0.3, 0.4) is 0 Å². The lowest BCUT2D eigenvalue weighted by molar-refractivity contribution is -0.123. The maximum Gasteiger partial charge on any atom is 0.266 e. The molecule has 3 rings (SSSR count). The number of thioether (sulfide) groups is 1. The fraction of sp³-hybridized carbons (Fsp3) is 0.176. The highest BCUT2D eigenvalue weighted by molar-refractivity contribution is 8.26. The number of benzene rings is 1. The second-order valence-electron chi connectivity index (χ2n) is 5.18. The van der Waals surface area contributed by atoms with Gasteiger partial charge in [-0.15, -0.1) is 0 Å². The number of carbonyl (C=O) groups is 1. The molecule has 1 aromatic heterocycles. The van der Waals surface area contributed by atoms with E-state index in [1.54, 1.807) is 4.90 Å². The van der Waals surface area contributed by atoms with Crippen molar-refractivity contribution < 1.29 is 4.79 Å². The average molecular weight is 328 g/mol. The molecule has 0 N–H and O–H groups in total. The van der Waals surface area contributed by atoms with Gasteiger partial charge in [0.2, 0.25) is 0 Å². The Morgan fingerprint density at radius 3 is 2.55 bits per heavy atom. The maximum absolute atomic E-state index is 12.7. The largest absolute Gasteiger partial charge is 0.351 e. The molecule has 1 saturated heterocycles. The SMILES string of the molecule is CC(c1ccccc1)N1C(=O)C(=Cc2cccn2C)SC1=S. The molecule has 3 nitrogen and oxygen atoms in total. The van der Waals surface area contributed by atoms with E-state index in [0.717, 1.165) is 11.3 Å². The summed E-state index contributed by atoms with van der Waals surface area (Å²) in [5.41, 5.74) is 2.08. The van der Waals surface area contributed by atoms with E-state index in [1.165, 1.54) is 11.8 Å². The molecule has 1 aliphatic heterocycles. The van der Waals surface area contributed by atoms with E-state index in [9.17, 15) is 4.79 Å². The lowest BCUT2D eigenvalue weighted by atomic mass is 10.1. The van der Waals surface area contributed by atoms with Gasteiger partial charge in [-0.1, -0.05) is 54.3 Å². The summed E-state index contributed by atoms with van der Waals surface area (Å²) in [5, 5.41) is 0. The minimum atomic E-state index is -0.0620. The third kappa shape index (κ3) is 2.74. The minimum Gasteiger partial charge on any atom is -0.351 e. The number of rotatable bonds is 3. The number of thiocarbonyl (C=S) groups is 1. The molecule has 2 aromatic rings. The van der Waals surface area contributed by atoms with Crippen molar-refractivity contribution in [3.05, 3.63) is 64.8 Å². The number of carbonyl (C=O) groups excluding carboxylic acids is 1. The van der Waals surface area contributed by atoms with Gasteiger partial charge < -0.3 is 4.57 Å². The Labute approximate surface area is 139 Å². The first kappa shape index (κ1) is 15.1. The highest BCUT2D eigenvalue weighted by Crippen LogP contribution is 2.37. The molecule has 5 heteroatoms. The Morgan fingerprint density at radius 2 is 1.91 bits per heavy atom. The fourth-order valence-electron chi connectivity index (χ4n) is 2.45. The summed E-state index contributed by atoms with van der Waals surface area (Å²) in [4.78, 5) is 15.1. The van der Waals surface area contributed by atoms with Crippen molar-refractivity contribution in [2.24, 2.45) is 7.05 Å². The first-order valence-electron chi connectivity index (χ1n) is 7.01. The predicted octanol–water partition coefficient (Wildman–Crippen LogP) is 3.99. The molecule has 1 unspecified atom stereocenters.